The van der Waals surface area contributed by atoms with E-state index >= 15 is 0 Å². The first-order valence-electron chi connectivity index (χ1n) is 5.52. The number of aromatic amines is 1. The molecule has 1 aromatic heterocycles. The molecule has 1 atom stereocenters. The number of nitro groups is 1. The first kappa shape index (κ1) is 13.4. The molecule has 1 unspecified atom stereocenters. The highest BCUT2D eigenvalue weighted by Gasteiger charge is 2.17. The van der Waals surface area contributed by atoms with Gasteiger partial charge in [-0.25, -0.2) is 0 Å². The molecular weight excluding hydrogens is 222 g/mol. The first-order chi connectivity index (χ1) is 7.95. The van der Waals surface area contributed by atoms with Gasteiger partial charge < -0.3 is 4.98 Å². The Hall–Kier alpha value is -1.69. The molecule has 0 aliphatic rings. The van der Waals surface area contributed by atoms with Gasteiger partial charge >= 0.3 is 0 Å². The number of H-pyrrole nitrogens is 1. The van der Waals surface area contributed by atoms with Crippen molar-refractivity contribution in [3.8, 4) is 0 Å². The number of carbonyl (C=O) groups excluding carboxylic acids is 1. The zero-order chi connectivity index (χ0) is 13.0. The summed E-state index contributed by atoms with van der Waals surface area (Å²) in [5.74, 6) is -0.138. The second-order valence-corrected chi connectivity index (χ2v) is 4.12. The van der Waals surface area contributed by atoms with Crippen molar-refractivity contribution in [3.05, 3.63) is 28.1 Å². The zero-order valence-electron chi connectivity index (χ0n) is 10.3. The van der Waals surface area contributed by atoms with Gasteiger partial charge in [0.1, 0.15) is 0 Å². The number of carbonyl (C=O) groups is 1. The number of ketones is 1. The molecule has 17 heavy (non-hydrogen) atoms. The maximum atomic E-state index is 11.8. The Balaban J connectivity index is 2.66. The predicted molar refractivity (Wildman–Crippen MR) is 64.2 cm³/mol. The fraction of sp³-hybridized carbons (Fsp3) is 0.545. The number of Topliss-reactive ketones (excluding diaryl/α,β-unsaturated/α-hetero) is 1. The van der Waals surface area contributed by atoms with Gasteiger partial charge in [0, 0.05) is 12.1 Å². The highest BCUT2D eigenvalue weighted by Crippen LogP contribution is 2.13. The lowest BCUT2D eigenvalue weighted by molar-refractivity contribution is -0.384. The normalized spacial score (nSPS) is 12.7. The van der Waals surface area contributed by atoms with E-state index < -0.39 is 4.92 Å². The minimum atomic E-state index is -0.522. The van der Waals surface area contributed by atoms with Crippen molar-refractivity contribution >= 4 is 11.5 Å². The maximum absolute atomic E-state index is 11.8. The van der Waals surface area contributed by atoms with Crippen LogP contribution in [0.25, 0.3) is 0 Å². The van der Waals surface area contributed by atoms with Crippen LogP contribution in [0.3, 0.4) is 0 Å². The van der Waals surface area contributed by atoms with Crippen LogP contribution < -0.4 is 0 Å². The van der Waals surface area contributed by atoms with Gasteiger partial charge in [0.15, 0.2) is 5.78 Å². The molecule has 1 N–H and O–H groups in total. The highest BCUT2D eigenvalue weighted by atomic mass is 16.6. The number of hydrogen-bond acceptors (Lipinski definition) is 4. The standard InChI is InChI=1S/C11H17N3O3/c1-4-8(2)13(3)7-11(15)10-5-9(6-12-10)14(16)17/h5-6,8,12H,4,7H2,1-3H3. The molecule has 0 spiro atoms. The van der Waals surface area contributed by atoms with Crippen LogP contribution in [0.2, 0.25) is 0 Å². The SMILES string of the molecule is CCC(C)N(C)CC(=O)c1cc([N+](=O)[O-])c[nH]1. The van der Waals surface area contributed by atoms with Gasteiger partial charge in [0.25, 0.3) is 5.69 Å². The lowest BCUT2D eigenvalue weighted by Crippen LogP contribution is -2.33. The van der Waals surface area contributed by atoms with Gasteiger partial charge in [-0.2, -0.15) is 0 Å². The number of likely N-dealkylation sites (N-methyl/N-ethyl adjacent to an activating group) is 1. The summed E-state index contributed by atoms with van der Waals surface area (Å²) >= 11 is 0. The van der Waals surface area contributed by atoms with Crippen molar-refractivity contribution in [2.45, 2.75) is 26.3 Å². The number of hydrogen-bond donors (Lipinski definition) is 1. The van der Waals surface area contributed by atoms with E-state index in [4.69, 9.17) is 0 Å². The lowest BCUT2D eigenvalue weighted by atomic mass is 10.2. The minimum absolute atomic E-state index is 0.0838. The van der Waals surface area contributed by atoms with Crippen molar-refractivity contribution < 1.29 is 9.72 Å². The molecular formula is C11H17N3O3. The number of nitrogens with one attached hydrogen (secondary N) is 1. The molecule has 0 saturated carbocycles. The molecule has 0 aliphatic heterocycles. The number of aromatic nitrogens is 1. The smallest absolute Gasteiger partial charge is 0.287 e. The Morgan fingerprint density at radius 2 is 2.29 bits per heavy atom. The van der Waals surface area contributed by atoms with Crippen molar-refractivity contribution in [3.63, 3.8) is 0 Å². The molecule has 94 valence electrons. The summed E-state index contributed by atoms with van der Waals surface area (Å²) in [7, 11) is 1.86. The van der Waals surface area contributed by atoms with Crippen molar-refractivity contribution in [1.82, 2.24) is 9.88 Å². The van der Waals surface area contributed by atoms with Gasteiger partial charge in [0.2, 0.25) is 0 Å². The van der Waals surface area contributed by atoms with E-state index in [1.807, 2.05) is 25.8 Å². The van der Waals surface area contributed by atoms with E-state index in [9.17, 15) is 14.9 Å². The summed E-state index contributed by atoms with van der Waals surface area (Å²) in [6.07, 6.45) is 2.19. The molecule has 0 radical (unpaired) electrons. The van der Waals surface area contributed by atoms with Crippen molar-refractivity contribution in [2.24, 2.45) is 0 Å². The van der Waals surface area contributed by atoms with E-state index in [0.717, 1.165) is 6.42 Å². The summed E-state index contributed by atoms with van der Waals surface area (Å²) in [4.78, 5) is 26.3. The predicted octanol–water partition coefficient (Wildman–Crippen LogP) is 1.84. The minimum Gasteiger partial charge on any atom is -0.353 e. The van der Waals surface area contributed by atoms with Gasteiger partial charge in [-0.1, -0.05) is 6.92 Å². The van der Waals surface area contributed by atoms with Crippen LogP contribution in [-0.4, -0.2) is 40.2 Å². The average molecular weight is 239 g/mol. The summed E-state index contributed by atoms with van der Waals surface area (Å²) in [6, 6.07) is 1.58. The van der Waals surface area contributed by atoms with E-state index in [1.54, 1.807) is 0 Å². The lowest BCUT2D eigenvalue weighted by Gasteiger charge is -2.22. The summed E-state index contributed by atoms with van der Waals surface area (Å²) in [5, 5.41) is 10.5. The number of rotatable bonds is 6. The zero-order valence-corrected chi connectivity index (χ0v) is 10.3. The van der Waals surface area contributed by atoms with Crippen molar-refractivity contribution in [1.29, 1.82) is 0 Å². The molecule has 0 bridgehead atoms. The van der Waals surface area contributed by atoms with Crippen LogP contribution in [0.1, 0.15) is 30.8 Å². The highest BCUT2D eigenvalue weighted by molar-refractivity contribution is 5.96. The second-order valence-electron chi connectivity index (χ2n) is 4.12. The Labute approximate surface area is 99.8 Å². The second kappa shape index (κ2) is 5.58. The molecule has 0 amide bonds. The van der Waals surface area contributed by atoms with E-state index in [-0.39, 0.29) is 23.7 Å². The summed E-state index contributed by atoms with van der Waals surface area (Å²) in [5.41, 5.74) is 0.200. The van der Waals surface area contributed by atoms with Gasteiger partial charge in [-0.05, 0) is 20.4 Å². The Morgan fingerprint density at radius 1 is 1.65 bits per heavy atom. The fourth-order valence-electron chi connectivity index (χ4n) is 1.43. The molecule has 1 aromatic rings. The van der Waals surface area contributed by atoms with Gasteiger partial charge in [-0.15, -0.1) is 0 Å². The van der Waals surface area contributed by atoms with E-state index in [0.29, 0.717) is 6.04 Å². The molecule has 6 heteroatoms. The van der Waals surface area contributed by atoms with Crippen LogP contribution >= 0.6 is 0 Å². The van der Waals surface area contributed by atoms with Crippen molar-refractivity contribution in [2.75, 3.05) is 13.6 Å². The van der Waals surface area contributed by atoms with E-state index in [1.165, 1.54) is 12.3 Å². The van der Waals surface area contributed by atoms with Gasteiger partial charge in [0.05, 0.1) is 23.4 Å². The van der Waals surface area contributed by atoms with Crippen LogP contribution in [0, 0.1) is 10.1 Å². The van der Waals surface area contributed by atoms with Crippen LogP contribution in [-0.2, 0) is 0 Å². The third-order valence-electron chi connectivity index (χ3n) is 2.92. The third kappa shape index (κ3) is 3.39. The molecule has 0 fully saturated rings. The molecule has 6 nitrogen and oxygen atoms in total. The fourth-order valence-corrected chi connectivity index (χ4v) is 1.43. The first-order valence-corrected chi connectivity index (χ1v) is 5.52. The van der Waals surface area contributed by atoms with Crippen LogP contribution in [0.15, 0.2) is 12.3 Å². The van der Waals surface area contributed by atoms with Gasteiger partial charge in [-0.3, -0.25) is 19.8 Å². The Morgan fingerprint density at radius 3 is 2.76 bits per heavy atom. The quantitative estimate of drug-likeness (QED) is 0.466. The Kier molecular flexibility index (Phi) is 4.39. The largest absolute Gasteiger partial charge is 0.353 e. The number of nitrogens with zero attached hydrogens (tertiary/aromatic N) is 2. The molecule has 0 aliphatic carbocycles. The molecule has 0 aromatic carbocycles. The monoisotopic (exact) mass is 239 g/mol. The summed E-state index contributed by atoms with van der Waals surface area (Å²) < 4.78 is 0. The van der Waals surface area contributed by atoms with Crippen LogP contribution in [0.4, 0.5) is 5.69 Å². The molecule has 1 heterocycles. The third-order valence-corrected chi connectivity index (χ3v) is 2.92. The topological polar surface area (TPSA) is 79.2 Å². The summed E-state index contributed by atoms with van der Waals surface area (Å²) in [6.45, 7) is 4.34. The average Bonchev–Trinajstić information content (AvgIpc) is 2.77. The van der Waals surface area contributed by atoms with Crippen LogP contribution in [0.5, 0.6) is 0 Å². The molecule has 1 rings (SSSR count). The van der Waals surface area contributed by atoms with E-state index in [2.05, 4.69) is 4.98 Å². The maximum Gasteiger partial charge on any atom is 0.287 e. The Bertz CT molecular complexity index is 414. The molecule has 0 saturated heterocycles.